The number of fused-ring (bicyclic) bond motifs is 3. The highest BCUT2D eigenvalue weighted by molar-refractivity contribution is 7.24. The van der Waals surface area contributed by atoms with Gasteiger partial charge in [0, 0.05) is 39.8 Å². The SMILES string of the molecule is C[C@]12CCCCCN1CCCN2Cc1ccc2sc3ccccc3c(=O)c2c1. The summed E-state index contributed by atoms with van der Waals surface area (Å²) in [6.07, 6.45) is 6.49. The van der Waals surface area contributed by atoms with Crippen molar-refractivity contribution in [3.8, 4) is 0 Å². The molecule has 2 aliphatic heterocycles. The molecule has 0 unspecified atom stereocenters. The number of nitrogens with zero attached hydrogens (tertiary/aromatic N) is 2. The van der Waals surface area contributed by atoms with E-state index in [0.717, 1.165) is 33.3 Å². The molecule has 2 aromatic carbocycles. The van der Waals surface area contributed by atoms with Crippen molar-refractivity contribution in [2.45, 2.75) is 51.2 Å². The van der Waals surface area contributed by atoms with Crippen molar-refractivity contribution in [1.82, 2.24) is 9.80 Å². The first-order valence-corrected chi connectivity index (χ1v) is 11.4. The Morgan fingerprint density at radius 1 is 0.929 bits per heavy atom. The van der Waals surface area contributed by atoms with E-state index in [0.29, 0.717) is 0 Å². The second kappa shape index (κ2) is 7.25. The maximum absolute atomic E-state index is 13.1. The summed E-state index contributed by atoms with van der Waals surface area (Å²) in [4.78, 5) is 18.4. The van der Waals surface area contributed by atoms with E-state index in [9.17, 15) is 4.79 Å². The molecule has 5 rings (SSSR count). The molecule has 2 saturated heterocycles. The normalized spacial score (nSPS) is 24.3. The minimum absolute atomic E-state index is 0.163. The van der Waals surface area contributed by atoms with Gasteiger partial charge in [-0.2, -0.15) is 0 Å². The summed E-state index contributed by atoms with van der Waals surface area (Å²) < 4.78 is 2.17. The van der Waals surface area contributed by atoms with Gasteiger partial charge in [0.2, 0.25) is 0 Å². The molecule has 146 valence electrons. The molecule has 2 fully saturated rings. The van der Waals surface area contributed by atoms with Crippen LogP contribution >= 0.6 is 11.3 Å². The van der Waals surface area contributed by atoms with E-state index >= 15 is 0 Å². The molecule has 3 heterocycles. The van der Waals surface area contributed by atoms with Crippen molar-refractivity contribution in [3.63, 3.8) is 0 Å². The van der Waals surface area contributed by atoms with Gasteiger partial charge in [0.25, 0.3) is 0 Å². The second-order valence-electron chi connectivity index (χ2n) is 8.55. The Labute approximate surface area is 170 Å². The Hall–Kier alpha value is -1.75. The van der Waals surface area contributed by atoms with Gasteiger partial charge in [-0.3, -0.25) is 14.6 Å². The Morgan fingerprint density at radius 2 is 1.75 bits per heavy atom. The molecule has 3 nitrogen and oxygen atoms in total. The van der Waals surface area contributed by atoms with Crippen molar-refractivity contribution >= 4 is 31.5 Å². The molecule has 2 aliphatic rings. The van der Waals surface area contributed by atoms with Gasteiger partial charge >= 0.3 is 0 Å². The first-order chi connectivity index (χ1) is 13.6. The van der Waals surface area contributed by atoms with Crippen molar-refractivity contribution in [2.24, 2.45) is 0 Å². The summed E-state index contributed by atoms with van der Waals surface area (Å²) >= 11 is 1.72. The predicted octanol–water partition coefficient (Wildman–Crippen LogP) is 5.21. The van der Waals surface area contributed by atoms with Crippen molar-refractivity contribution < 1.29 is 0 Å². The first kappa shape index (κ1) is 18.3. The minimum atomic E-state index is 0.163. The number of hydrogen-bond acceptors (Lipinski definition) is 4. The van der Waals surface area contributed by atoms with E-state index in [2.05, 4.69) is 34.9 Å². The van der Waals surface area contributed by atoms with Crippen LogP contribution in [-0.2, 0) is 6.54 Å². The van der Waals surface area contributed by atoms with Gasteiger partial charge in [-0.15, -0.1) is 11.3 Å². The van der Waals surface area contributed by atoms with Crippen LogP contribution in [-0.4, -0.2) is 35.1 Å². The lowest BCUT2D eigenvalue weighted by Gasteiger charge is -2.52. The molecule has 1 aromatic heterocycles. The number of benzene rings is 2. The molecule has 0 N–H and O–H groups in total. The Morgan fingerprint density at radius 3 is 2.68 bits per heavy atom. The summed E-state index contributed by atoms with van der Waals surface area (Å²) in [7, 11) is 0. The molecule has 0 radical (unpaired) electrons. The third kappa shape index (κ3) is 3.08. The largest absolute Gasteiger partial charge is 0.289 e. The summed E-state index contributed by atoms with van der Waals surface area (Å²) in [6, 6.07) is 14.5. The van der Waals surface area contributed by atoms with E-state index in [1.54, 1.807) is 11.3 Å². The van der Waals surface area contributed by atoms with Crippen LogP contribution in [0.5, 0.6) is 0 Å². The Kier molecular flexibility index (Phi) is 4.74. The molecule has 4 heteroatoms. The van der Waals surface area contributed by atoms with E-state index in [1.807, 2.05) is 24.3 Å². The molecule has 0 spiro atoms. The third-order valence-electron chi connectivity index (χ3n) is 6.81. The number of rotatable bonds is 2. The Bertz CT molecular complexity index is 1080. The van der Waals surface area contributed by atoms with Crippen LogP contribution in [0, 0.1) is 0 Å². The highest BCUT2D eigenvalue weighted by atomic mass is 32.1. The van der Waals surface area contributed by atoms with E-state index in [-0.39, 0.29) is 11.1 Å². The van der Waals surface area contributed by atoms with Crippen molar-refractivity contribution in [1.29, 1.82) is 0 Å². The first-order valence-electron chi connectivity index (χ1n) is 10.6. The predicted molar refractivity (Wildman–Crippen MR) is 119 cm³/mol. The van der Waals surface area contributed by atoms with Gasteiger partial charge in [-0.25, -0.2) is 0 Å². The van der Waals surface area contributed by atoms with E-state index < -0.39 is 0 Å². The molecule has 1 atom stereocenters. The average molecular weight is 393 g/mol. The second-order valence-corrected chi connectivity index (χ2v) is 9.63. The highest BCUT2D eigenvalue weighted by Gasteiger charge is 2.40. The summed E-state index contributed by atoms with van der Waals surface area (Å²) in [5.41, 5.74) is 1.60. The standard InChI is InChI=1S/C24H28N2OS/c1-24-12-5-2-6-13-25(24)14-7-15-26(24)17-18-10-11-22-20(16-18)23(27)19-8-3-4-9-21(19)28-22/h3-4,8-11,16H,2,5-7,12-15,17H2,1H3/t24-/m0/s1. The maximum atomic E-state index is 13.1. The van der Waals surface area contributed by atoms with Crippen LogP contribution < -0.4 is 5.43 Å². The quantitative estimate of drug-likeness (QED) is 0.559. The monoisotopic (exact) mass is 392 g/mol. The number of hydrogen-bond donors (Lipinski definition) is 0. The summed E-state index contributed by atoms with van der Waals surface area (Å²) in [5.74, 6) is 0. The lowest BCUT2D eigenvalue weighted by Crippen LogP contribution is -2.62. The van der Waals surface area contributed by atoms with Gasteiger partial charge in [0.15, 0.2) is 5.43 Å². The fourth-order valence-corrected chi connectivity index (χ4v) is 6.21. The molecule has 28 heavy (non-hydrogen) atoms. The van der Waals surface area contributed by atoms with E-state index in [4.69, 9.17) is 0 Å². The summed E-state index contributed by atoms with van der Waals surface area (Å²) in [6.45, 7) is 6.97. The van der Waals surface area contributed by atoms with Gasteiger partial charge in [-0.05, 0) is 62.6 Å². The smallest absolute Gasteiger partial charge is 0.195 e. The maximum Gasteiger partial charge on any atom is 0.195 e. The molecular weight excluding hydrogens is 364 g/mol. The molecule has 0 saturated carbocycles. The van der Waals surface area contributed by atoms with Crippen LogP contribution in [0.1, 0.15) is 44.6 Å². The van der Waals surface area contributed by atoms with Gasteiger partial charge in [0.1, 0.15) is 0 Å². The summed E-state index contributed by atoms with van der Waals surface area (Å²) in [5, 5.41) is 1.72. The van der Waals surface area contributed by atoms with Crippen molar-refractivity contribution in [2.75, 3.05) is 19.6 Å². The molecular formula is C24H28N2OS. The van der Waals surface area contributed by atoms with Gasteiger partial charge < -0.3 is 0 Å². The van der Waals surface area contributed by atoms with Crippen LogP contribution in [0.2, 0.25) is 0 Å². The van der Waals surface area contributed by atoms with Crippen LogP contribution in [0.15, 0.2) is 47.3 Å². The fourth-order valence-electron chi connectivity index (χ4n) is 5.16. The lowest BCUT2D eigenvalue weighted by atomic mass is 9.97. The molecule has 0 bridgehead atoms. The van der Waals surface area contributed by atoms with Crippen LogP contribution in [0.3, 0.4) is 0 Å². The zero-order valence-corrected chi connectivity index (χ0v) is 17.4. The van der Waals surface area contributed by atoms with Gasteiger partial charge in [-0.1, -0.05) is 31.0 Å². The van der Waals surface area contributed by atoms with E-state index in [1.165, 1.54) is 50.8 Å². The van der Waals surface area contributed by atoms with Crippen molar-refractivity contribution in [3.05, 3.63) is 58.3 Å². The minimum Gasteiger partial charge on any atom is -0.289 e. The highest BCUT2D eigenvalue weighted by Crippen LogP contribution is 2.35. The zero-order valence-electron chi connectivity index (χ0n) is 16.6. The lowest BCUT2D eigenvalue weighted by molar-refractivity contribution is -0.0828. The average Bonchev–Trinajstić information content (AvgIpc) is 2.91. The zero-order chi connectivity index (χ0) is 19.1. The van der Waals surface area contributed by atoms with Crippen LogP contribution in [0.25, 0.3) is 20.2 Å². The Balaban J connectivity index is 1.51. The third-order valence-corrected chi connectivity index (χ3v) is 7.96. The fraction of sp³-hybridized carbons (Fsp3) is 0.458. The molecule has 3 aromatic rings. The van der Waals surface area contributed by atoms with Gasteiger partial charge in [0.05, 0.1) is 5.66 Å². The molecule has 0 amide bonds. The topological polar surface area (TPSA) is 23.6 Å². The van der Waals surface area contributed by atoms with Crippen LogP contribution in [0.4, 0.5) is 0 Å². The molecule has 0 aliphatic carbocycles.